The first-order valence-electron chi connectivity index (χ1n) is 7.11. The Hall–Kier alpha value is -1.17. The predicted octanol–water partition coefficient (Wildman–Crippen LogP) is 4.18. The molecule has 2 rings (SSSR count). The lowest BCUT2D eigenvalue weighted by atomic mass is 10.2. The van der Waals surface area contributed by atoms with E-state index in [1.165, 1.54) is 11.8 Å². The van der Waals surface area contributed by atoms with Gasteiger partial charge in [0.15, 0.2) is 9.84 Å². The normalized spacial score (nSPS) is 12.8. The second-order valence-corrected chi connectivity index (χ2v) is 8.92. The largest absolute Gasteiger partial charge is 0.497 e. The van der Waals surface area contributed by atoms with Crippen LogP contribution in [0.4, 0.5) is 0 Å². The summed E-state index contributed by atoms with van der Waals surface area (Å²) in [5, 5.41) is -0.451. The third-order valence-electron chi connectivity index (χ3n) is 3.27. The van der Waals surface area contributed by atoms with Gasteiger partial charge in [-0.05, 0) is 43.3 Å². The molecule has 0 aliphatic carbocycles. The van der Waals surface area contributed by atoms with E-state index in [1.807, 2.05) is 31.2 Å². The van der Waals surface area contributed by atoms with Gasteiger partial charge in [-0.2, -0.15) is 0 Å². The van der Waals surface area contributed by atoms with Gasteiger partial charge in [0.1, 0.15) is 5.75 Å². The molecule has 2 aromatic carbocycles. The summed E-state index contributed by atoms with van der Waals surface area (Å²) in [7, 11) is -1.74. The molecule has 0 fully saturated rings. The minimum Gasteiger partial charge on any atom is -0.497 e. The lowest BCUT2D eigenvalue weighted by Gasteiger charge is -2.11. The number of alkyl halides is 1. The standard InChI is InChI=1S/C17H19ClO3S2/c1-13-3-9-17(10-4-13)23(19,20)12-14(18)11-22-16-7-5-15(21-2)6-8-16/h3-10,14H,11-12H2,1-2H3/t14-/m0/s1. The van der Waals surface area contributed by atoms with Crippen LogP contribution >= 0.6 is 23.4 Å². The van der Waals surface area contributed by atoms with Gasteiger partial charge in [-0.15, -0.1) is 23.4 Å². The Balaban J connectivity index is 1.92. The summed E-state index contributed by atoms with van der Waals surface area (Å²) in [6.07, 6.45) is 0. The molecule has 6 heteroatoms. The highest BCUT2D eigenvalue weighted by molar-refractivity contribution is 7.99. The van der Waals surface area contributed by atoms with Crippen LogP contribution in [0.15, 0.2) is 58.3 Å². The summed E-state index contributed by atoms with van der Waals surface area (Å²) in [6, 6.07) is 14.5. The van der Waals surface area contributed by atoms with Gasteiger partial charge >= 0.3 is 0 Å². The summed E-state index contributed by atoms with van der Waals surface area (Å²) in [5.41, 5.74) is 1.03. The number of benzene rings is 2. The van der Waals surface area contributed by atoms with Crippen molar-refractivity contribution in [3.63, 3.8) is 0 Å². The van der Waals surface area contributed by atoms with E-state index in [-0.39, 0.29) is 5.75 Å². The maximum Gasteiger partial charge on any atom is 0.179 e. The average Bonchev–Trinajstić information content (AvgIpc) is 2.53. The van der Waals surface area contributed by atoms with Crippen molar-refractivity contribution in [1.82, 2.24) is 0 Å². The SMILES string of the molecule is COc1ccc(SC[C@H](Cl)CS(=O)(=O)c2ccc(C)cc2)cc1. The minimum absolute atomic E-state index is 0.0687. The molecule has 0 heterocycles. The summed E-state index contributed by atoms with van der Waals surface area (Å²) < 4.78 is 29.8. The van der Waals surface area contributed by atoms with Crippen LogP contribution in [0.25, 0.3) is 0 Å². The first-order chi connectivity index (χ1) is 10.9. The van der Waals surface area contributed by atoms with Gasteiger partial charge in [0.05, 0.1) is 23.1 Å². The quantitative estimate of drug-likeness (QED) is 0.541. The van der Waals surface area contributed by atoms with Crippen molar-refractivity contribution in [3.05, 3.63) is 54.1 Å². The molecule has 0 unspecified atom stereocenters. The van der Waals surface area contributed by atoms with Crippen LogP contribution in [-0.2, 0) is 9.84 Å². The highest BCUT2D eigenvalue weighted by Gasteiger charge is 2.20. The van der Waals surface area contributed by atoms with Gasteiger partial charge in [0, 0.05) is 10.6 Å². The Kier molecular flexibility index (Phi) is 6.39. The Morgan fingerprint density at radius 1 is 1.09 bits per heavy atom. The van der Waals surface area contributed by atoms with E-state index in [9.17, 15) is 8.42 Å². The Bertz CT molecular complexity index is 725. The van der Waals surface area contributed by atoms with Crippen molar-refractivity contribution in [2.75, 3.05) is 18.6 Å². The van der Waals surface area contributed by atoms with Gasteiger partial charge in [0.2, 0.25) is 0 Å². The molecule has 0 spiro atoms. The molecular weight excluding hydrogens is 352 g/mol. The molecule has 23 heavy (non-hydrogen) atoms. The van der Waals surface area contributed by atoms with Crippen LogP contribution in [0.5, 0.6) is 5.75 Å². The average molecular weight is 371 g/mol. The molecule has 1 atom stereocenters. The molecule has 0 radical (unpaired) electrons. The maximum absolute atomic E-state index is 12.3. The van der Waals surface area contributed by atoms with Crippen molar-refractivity contribution in [2.24, 2.45) is 0 Å². The van der Waals surface area contributed by atoms with E-state index in [2.05, 4.69) is 0 Å². The third kappa shape index (κ3) is 5.44. The van der Waals surface area contributed by atoms with Crippen molar-refractivity contribution < 1.29 is 13.2 Å². The first kappa shape index (κ1) is 18.2. The lowest BCUT2D eigenvalue weighted by Crippen LogP contribution is -2.18. The van der Waals surface area contributed by atoms with Gasteiger partial charge in [-0.1, -0.05) is 17.7 Å². The summed E-state index contributed by atoms with van der Waals surface area (Å²) in [4.78, 5) is 1.35. The molecule has 0 saturated carbocycles. The van der Waals surface area contributed by atoms with E-state index in [0.29, 0.717) is 10.6 Å². The van der Waals surface area contributed by atoms with Gasteiger partial charge < -0.3 is 4.74 Å². The monoisotopic (exact) mass is 370 g/mol. The molecule has 3 nitrogen and oxygen atoms in total. The van der Waals surface area contributed by atoms with Crippen molar-refractivity contribution in [3.8, 4) is 5.75 Å². The van der Waals surface area contributed by atoms with Crippen LogP contribution in [0.2, 0.25) is 0 Å². The second-order valence-electron chi connectivity index (χ2n) is 5.18. The number of hydrogen-bond donors (Lipinski definition) is 0. The zero-order valence-corrected chi connectivity index (χ0v) is 15.4. The second kappa shape index (κ2) is 8.08. The molecule has 0 N–H and O–H groups in total. The molecular formula is C17H19ClO3S2. The zero-order chi connectivity index (χ0) is 16.9. The van der Waals surface area contributed by atoms with Crippen molar-refractivity contribution in [1.29, 1.82) is 0 Å². The highest BCUT2D eigenvalue weighted by Crippen LogP contribution is 2.24. The fraction of sp³-hybridized carbons (Fsp3) is 0.294. The lowest BCUT2D eigenvalue weighted by molar-refractivity contribution is 0.414. The molecule has 0 aromatic heterocycles. The molecule has 0 aliphatic rings. The number of methoxy groups -OCH3 is 1. The number of sulfone groups is 1. The van der Waals surface area contributed by atoms with Gasteiger partial charge in [0.25, 0.3) is 0 Å². The molecule has 0 saturated heterocycles. The number of hydrogen-bond acceptors (Lipinski definition) is 4. The number of halogens is 1. The molecule has 0 amide bonds. The summed E-state index contributed by atoms with van der Waals surface area (Å²) >= 11 is 7.76. The smallest absolute Gasteiger partial charge is 0.179 e. The number of thioether (sulfide) groups is 1. The van der Waals surface area contributed by atoms with Crippen LogP contribution in [-0.4, -0.2) is 32.4 Å². The minimum atomic E-state index is -3.36. The molecule has 124 valence electrons. The molecule has 2 aromatic rings. The molecule has 0 bridgehead atoms. The summed E-state index contributed by atoms with van der Waals surface area (Å²) in [6.45, 7) is 1.92. The maximum atomic E-state index is 12.3. The molecule has 0 aliphatic heterocycles. The van der Waals surface area contributed by atoms with Crippen molar-refractivity contribution in [2.45, 2.75) is 22.1 Å². The summed E-state index contributed by atoms with van der Waals surface area (Å²) in [5.74, 6) is 1.25. The third-order valence-corrected chi connectivity index (χ3v) is 6.95. The van der Waals surface area contributed by atoms with Crippen LogP contribution in [0.3, 0.4) is 0 Å². The van der Waals surface area contributed by atoms with E-state index in [4.69, 9.17) is 16.3 Å². The van der Waals surface area contributed by atoms with E-state index >= 15 is 0 Å². The Morgan fingerprint density at radius 2 is 1.70 bits per heavy atom. The Morgan fingerprint density at radius 3 is 2.26 bits per heavy atom. The van der Waals surface area contributed by atoms with Gasteiger partial charge in [-0.3, -0.25) is 0 Å². The number of rotatable bonds is 7. The van der Waals surface area contributed by atoms with Crippen LogP contribution < -0.4 is 4.74 Å². The van der Waals surface area contributed by atoms with E-state index in [0.717, 1.165) is 16.2 Å². The zero-order valence-electron chi connectivity index (χ0n) is 13.0. The van der Waals surface area contributed by atoms with Gasteiger partial charge in [-0.25, -0.2) is 8.42 Å². The predicted molar refractivity (Wildman–Crippen MR) is 96.6 cm³/mol. The van der Waals surface area contributed by atoms with Crippen LogP contribution in [0, 0.1) is 6.92 Å². The Labute approximate surface area is 146 Å². The van der Waals surface area contributed by atoms with E-state index in [1.54, 1.807) is 31.4 Å². The van der Waals surface area contributed by atoms with Crippen molar-refractivity contribution >= 4 is 33.2 Å². The fourth-order valence-corrected chi connectivity index (χ4v) is 4.98. The highest BCUT2D eigenvalue weighted by atomic mass is 35.5. The first-order valence-corrected chi connectivity index (χ1v) is 10.2. The van der Waals surface area contributed by atoms with Crippen LogP contribution in [0.1, 0.15) is 5.56 Å². The fourth-order valence-electron chi connectivity index (χ4n) is 1.99. The topological polar surface area (TPSA) is 43.4 Å². The number of ether oxygens (including phenoxy) is 1. The number of aryl methyl sites for hydroxylation is 1. The van der Waals surface area contributed by atoms with E-state index < -0.39 is 15.2 Å².